The van der Waals surface area contributed by atoms with Crippen LogP contribution in [0.25, 0.3) is 0 Å². The van der Waals surface area contributed by atoms with Gasteiger partial charge in [-0.2, -0.15) is 5.10 Å². The molecule has 0 saturated carbocycles. The van der Waals surface area contributed by atoms with Gasteiger partial charge in [0.05, 0.1) is 11.7 Å². The van der Waals surface area contributed by atoms with E-state index < -0.39 is 0 Å². The van der Waals surface area contributed by atoms with Crippen LogP contribution < -0.4 is 5.32 Å². The minimum Gasteiger partial charge on any atom is -0.338 e. The Kier molecular flexibility index (Phi) is 5.23. The maximum absolute atomic E-state index is 11.7. The number of rotatable bonds is 6. The van der Waals surface area contributed by atoms with Gasteiger partial charge in [-0.3, -0.25) is 9.48 Å². The first-order valence-electron chi connectivity index (χ1n) is 9.02. The number of aromatic nitrogens is 2. The molecule has 1 aromatic carbocycles. The van der Waals surface area contributed by atoms with Crippen molar-refractivity contribution in [1.82, 2.24) is 20.0 Å². The Morgan fingerprint density at radius 3 is 2.36 bits per heavy atom. The Balaban J connectivity index is 1.47. The van der Waals surface area contributed by atoms with Crippen LogP contribution in [-0.4, -0.2) is 27.1 Å². The summed E-state index contributed by atoms with van der Waals surface area (Å²) in [7, 11) is 0. The van der Waals surface area contributed by atoms with Crippen molar-refractivity contribution in [1.29, 1.82) is 0 Å². The number of amides is 1. The maximum atomic E-state index is 11.7. The van der Waals surface area contributed by atoms with Crippen molar-refractivity contribution >= 4 is 5.91 Å². The van der Waals surface area contributed by atoms with E-state index in [0.717, 1.165) is 32.6 Å². The van der Waals surface area contributed by atoms with E-state index in [0.29, 0.717) is 6.42 Å². The third-order valence-electron chi connectivity index (χ3n) is 4.55. The van der Waals surface area contributed by atoms with Gasteiger partial charge in [0.2, 0.25) is 5.91 Å². The van der Waals surface area contributed by atoms with Crippen LogP contribution in [-0.2, 0) is 30.0 Å². The zero-order valence-corrected chi connectivity index (χ0v) is 15.5. The quantitative estimate of drug-likeness (QED) is 0.879. The van der Waals surface area contributed by atoms with E-state index in [1.54, 1.807) is 0 Å². The van der Waals surface area contributed by atoms with Crippen molar-refractivity contribution < 1.29 is 4.79 Å². The molecule has 1 fully saturated rings. The summed E-state index contributed by atoms with van der Waals surface area (Å²) in [6.07, 6.45) is 5.72. The van der Waals surface area contributed by atoms with E-state index in [-0.39, 0.29) is 11.4 Å². The van der Waals surface area contributed by atoms with Crippen molar-refractivity contribution in [2.75, 3.05) is 6.54 Å². The molecular weight excluding hydrogens is 312 g/mol. The number of carbonyl (C=O) groups is 1. The molecular formula is C20H28N4O. The Morgan fingerprint density at radius 1 is 1.08 bits per heavy atom. The van der Waals surface area contributed by atoms with Gasteiger partial charge in [0.25, 0.3) is 0 Å². The Morgan fingerprint density at radius 2 is 1.76 bits per heavy atom. The van der Waals surface area contributed by atoms with Gasteiger partial charge in [-0.25, -0.2) is 0 Å². The second kappa shape index (κ2) is 7.40. The van der Waals surface area contributed by atoms with E-state index in [4.69, 9.17) is 0 Å². The topological polar surface area (TPSA) is 50.2 Å². The van der Waals surface area contributed by atoms with Crippen molar-refractivity contribution in [3.05, 3.63) is 53.3 Å². The van der Waals surface area contributed by atoms with Crippen molar-refractivity contribution in [3.8, 4) is 0 Å². The molecule has 3 rings (SSSR count). The lowest BCUT2D eigenvalue weighted by Crippen LogP contribution is -2.23. The summed E-state index contributed by atoms with van der Waals surface area (Å²) in [5.41, 5.74) is 3.66. The predicted octanol–water partition coefficient (Wildman–Crippen LogP) is 3.05. The van der Waals surface area contributed by atoms with Crippen LogP contribution in [0.1, 0.15) is 50.3 Å². The summed E-state index contributed by atoms with van der Waals surface area (Å²) in [5.74, 6) is 0.279. The van der Waals surface area contributed by atoms with Crippen LogP contribution >= 0.6 is 0 Å². The molecule has 134 valence electrons. The average molecular weight is 340 g/mol. The Labute approximate surface area is 150 Å². The van der Waals surface area contributed by atoms with Crippen LogP contribution in [0, 0.1) is 0 Å². The van der Waals surface area contributed by atoms with Crippen LogP contribution in [0.15, 0.2) is 36.7 Å². The zero-order chi connectivity index (χ0) is 17.9. The molecule has 0 bridgehead atoms. The molecule has 1 saturated heterocycles. The number of hydrogen-bond donors (Lipinski definition) is 1. The minimum atomic E-state index is 0.0187. The molecule has 1 aliphatic rings. The largest absolute Gasteiger partial charge is 0.338 e. The molecule has 2 heterocycles. The standard InChI is InChI=1S/C20H28N4O/c1-20(2,3)24-15-18(13-22-24)12-21-11-16-6-8-17(9-7-16)14-23-10-4-5-19(23)25/h6-9,13,15,21H,4-5,10-12,14H2,1-3H3. The summed E-state index contributed by atoms with van der Waals surface area (Å²) in [4.78, 5) is 13.6. The van der Waals surface area contributed by atoms with E-state index in [2.05, 4.69) is 61.6 Å². The van der Waals surface area contributed by atoms with Crippen LogP contribution in [0.2, 0.25) is 0 Å². The second-order valence-corrected chi connectivity index (χ2v) is 7.80. The number of nitrogens with one attached hydrogen (secondary N) is 1. The summed E-state index contributed by atoms with van der Waals surface area (Å²) in [6, 6.07) is 8.53. The predicted molar refractivity (Wildman–Crippen MR) is 98.9 cm³/mol. The van der Waals surface area contributed by atoms with Gasteiger partial charge in [-0.05, 0) is 38.3 Å². The molecule has 1 amide bonds. The number of carbonyl (C=O) groups excluding carboxylic acids is 1. The van der Waals surface area contributed by atoms with Gasteiger partial charge in [0.1, 0.15) is 0 Å². The van der Waals surface area contributed by atoms with Crippen molar-refractivity contribution in [2.45, 2.75) is 58.8 Å². The first-order chi connectivity index (χ1) is 11.9. The Bertz CT molecular complexity index is 712. The number of benzene rings is 1. The molecule has 5 nitrogen and oxygen atoms in total. The lowest BCUT2D eigenvalue weighted by atomic mass is 10.1. The van der Waals surface area contributed by atoms with E-state index >= 15 is 0 Å². The van der Waals surface area contributed by atoms with Crippen molar-refractivity contribution in [2.24, 2.45) is 0 Å². The highest BCUT2D eigenvalue weighted by atomic mass is 16.2. The van der Waals surface area contributed by atoms with E-state index in [1.165, 1.54) is 16.7 Å². The summed E-state index contributed by atoms with van der Waals surface area (Å²) >= 11 is 0. The molecule has 5 heteroatoms. The van der Waals surface area contributed by atoms with Gasteiger partial charge in [0, 0.05) is 44.4 Å². The van der Waals surface area contributed by atoms with Gasteiger partial charge >= 0.3 is 0 Å². The smallest absolute Gasteiger partial charge is 0.222 e. The highest BCUT2D eigenvalue weighted by molar-refractivity contribution is 5.78. The molecule has 1 N–H and O–H groups in total. The lowest BCUT2D eigenvalue weighted by Gasteiger charge is -2.18. The monoisotopic (exact) mass is 340 g/mol. The Hall–Kier alpha value is -2.14. The molecule has 2 aromatic rings. The molecule has 0 atom stereocenters. The third kappa shape index (κ3) is 4.69. The fraction of sp³-hybridized carbons (Fsp3) is 0.500. The van der Waals surface area contributed by atoms with Gasteiger partial charge < -0.3 is 10.2 Å². The van der Waals surface area contributed by atoms with Crippen LogP contribution in [0.4, 0.5) is 0 Å². The van der Waals surface area contributed by atoms with Crippen LogP contribution in [0.3, 0.4) is 0 Å². The summed E-state index contributed by atoms with van der Waals surface area (Å²) in [6.45, 7) is 9.70. The summed E-state index contributed by atoms with van der Waals surface area (Å²) in [5, 5.41) is 7.89. The zero-order valence-electron chi connectivity index (χ0n) is 15.5. The molecule has 0 aliphatic carbocycles. The normalized spacial score (nSPS) is 15.2. The molecule has 0 radical (unpaired) electrons. The lowest BCUT2D eigenvalue weighted by molar-refractivity contribution is -0.128. The molecule has 0 unspecified atom stereocenters. The first-order valence-corrected chi connectivity index (χ1v) is 9.02. The van der Waals surface area contributed by atoms with Crippen LogP contribution in [0.5, 0.6) is 0 Å². The maximum Gasteiger partial charge on any atom is 0.222 e. The first kappa shape index (κ1) is 17.7. The molecule has 1 aliphatic heterocycles. The number of hydrogen-bond acceptors (Lipinski definition) is 3. The van der Waals surface area contributed by atoms with Gasteiger partial charge in [-0.1, -0.05) is 24.3 Å². The van der Waals surface area contributed by atoms with E-state index in [9.17, 15) is 4.79 Å². The number of likely N-dealkylation sites (tertiary alicyclic amines) is 1. The van der Waals surface area contributed by atoms with E-state index in [1.807, 2.05) is 15.8 Å². The summed E-state index contributed by atoms with van der Waals surface area (Å²) < 4.78 is 2.00. The molecule has 0 spiro atoms. The fourth-order valence-electron chi connectivity index (χ4n) is 3.02. The molecule has 25 heavy (non-hydrogen) atoms. The SMILES string of the molecule is CC(C)(C)n1cc(CNCc2ccc(CN3CCCC3=O)cc2)cn1. The molecule has 1 aromatic heterocycles. The minimum absolute atomic E-state index is 0.0187. The fourth-order valence-corrected chi connectivity index (χ4v) is 3.02. The van der Waals surface area contributed by atoms with Gasteiger partial charge in [-0.15, -0.1) is 0 Å². The number of nitrogens with zero attached hydrogens (tertiary/aromatic N) is 3. The third-order valence-corrected chi connectivity index (χ3v) is 4.55. The average Bonchev–Trinajstić information content (AvgIpc) is 3.19. The highest BCUT2D eigenvalue weighted by Gasteiger charge is 2.19. The second-order valence-electron chi connectivity index (χ2n) is 7.80. The van der Waals surface area contributed by atoms with Crippen molar-refractivity contribution in [3.63, 3.8) is 0 Å². The van der Waals surface area contributed by atoms with Gasteiger partial charge in [0.15, 0.2) is 0 Å². The highest BCUT2D eigenvalue weighted by Crippen LogP contribution is 2.15.